The van der Waals surface area contributed by atoms with Gasteiger partial charge in [-0.05, 0) is 112 Å². The summed E-state index contributed by atoms with van der Waals surface area (Å²) in [6.45, 7) is 11.8. The molecule has 2 aromatic heterocycles. The van der Waals surface area contributed by atoms with Crippen LogP contribution in [0.5, 0.6) is 11.5 Å². The average Bonchev–Trinajstić information content (AvgIpc) is 3.82. The number of fused-ring (bicyclic) bond motifs is 4. The van der Waals surface area contributed by atoms with Gasteiger partial charge >= 0.3 is 0 Å². The third-order valence-electron chi connectivity index (χ3n) is 11.9. The molecule has 0 amide bonds. The summed E-state index contributed by atoms with van der Waals surface area (Å²) in [4.78, 5) is 9.61. The van der Waals surface area contributed by atoms with Gasteiger partial charge < -0.3 is 14.5 Å². The molecule has 0 radical (unpaired) electrons. The van der Waals surface area contributed by atoms with E-state index in [1.165, 1.54) is 34.2 Å². The van der Waals surface area contributed by atoms with Crippen LogP contribution in [0.1, 0.15) is 51.7 Å². The number of aromatic nitrogens is 2. The molecule has 7 aromatic carbocycles. The quantitative estimate of drug-likeness (QED) is 0.153. The highest BCUT2D eigenvalue weighted by molar-refractivity contribution is 6.09. The van der Waals surface area contributed by atoms with E-state index in [-0.39, 0.29) is 11.2 Å². The zero-order valence-electron chi connectivity index (χ0n) is 35.1. The Kier molecular flexibility index (Phi) is 9.44. The summed E-state index contributed by atoms with van der Waals surface area (Å²) >= 11 is 0. The fourth-order valence-electron chi connectivity index (χ4n) is 8.84. The lowest BCUT2D eigenvalue weighted by molar-refractivity contribution is 0.483. The van der Waals surface area contributed by atoms with Gasteiger partial charge in [-0.2, -0.15) is 0 Å². The van der Waals surface area contributed by atoms with Crippen LogP contribution in [-0.4, -0.2) is 16.2 Å². The van der Waals surface area contributed by atoms with Crippen LogP contribution in [0.3, 0.4) is 0 Å². The first-order valence-corrected chi connectivity index (χ1v) is 21.0. The Morgan fingerprint density at radius 1 is 0.574 bits per heavy atom. The summed E-state index contributed by atoms with van der Waals surface area (Å²) in [6, 6.07) is 58.2. The van der Waals surface area contributed by atoms with Crippen molar-refractivity contribution in [3.05, 3.63) is 193 Å². The molecule has 1 aliphatic heterocycles. The SMILES string of the molecule is CC(C)c1ccccc1-c1cc(Oc2ccc3c4ccccc4n(-c4cc(C(C)(C)C)ccn4)c3c2)cc(N2CN(c3ccccc3-c3ccc(F)cc3)c3ccccc32)c1. The molecule has 0 spiro atoms. The van der Waals surface area contributed by atoms with Crippen molar-refractivity contribution in [3.63, 3.8) is 0 Å². The lowest BCUT2D eigenvalue weighted by Crippen LogP contribution is -2.24. The summed E-state index contributed by atoms with van der Waals surface area (Å²) in [5.74, 6) is 2.43. The molecule has 6 heteroatoms. The van der Waals surface area contributed by atoms with Gasteiger partial charge in [0.1, 0.15) is 29.8 Å². The van der Waals surface area contributed by atoms with Crippen molar-refractivity contribution in [2.45, 2.75) is 46.0 Å². The zero-order valence-corrected chi connectivity index (χ0v) is 35.1. The van der Waals surface area contributed by atoms with E-state index in [4.69, 9.17) is 9.72 Å². The van der Waals surface area contributed by atoms with Gasteiger partial charge in [0.25, 0.3) is 0 Å². The molecule has 300 valence electrons. The second-order valence-corrected chi connectivity index (χ2v) is 17.3. The number of para-hydroxylation sites is 4. The Morgan fingerprint density at radius 2 is 1.25 bits per heavy atom. The van der Waals surface area contributed by atoms with Crippen LogP contribution in [0.25, 0.3) is 49.9 Å². The minimum absolute atomic E-state index is 0.0273. The van der Waals surface area contributed by atoms with Crippen LogP contribution in [0.2, 0.25) is 0 Å². The maximum Gasteiger partial charge on any atom is 0.137 e. The normalized spacial score (nSPS) is 12.8. The van der Waals surface area contributed by atoms with E-state index in [2.05, 4.69) is 189 Å². The number of benzene rings is 7. The number of hydrogen-bond donors (Lipinski definition) is 0. The summed E-state index contributed by atoms with van der Waals surface area (Å²) in [5, 5.41) is 2.31. The van der Waals surface area contributed by atoms with Gasteiger partial charge in [-0.1, -0.05) is 120 Å². The first-order chi connectivity index (χ1) is 29.6. The fraction of sp³-hybridized carbons (Fsp3) is 0.145. The number of nitrogens with zero attached hydrogens (tertiary/aromatic N) is 4. The van der Waals surface area contributed by atoms with E-state index in [1.54, 1.807) is 0 Å². The van der Waals surface area contributed by atoms with Crippen LogP contribution in [0.4, 0.5) is 27.1 Å². The van der Waals surface area contributed by atoms with Crippen LogP contribution < -0.4 is 14.5 Å². The van der Waals surface area contributed by atoms with Crippen LogP contribution >= 0.6 is 0 Å². The van der Waals surface area contributed by atoms with E-state index >= 15 is 0 Å². The standard InChI is InChI=1S/C55H47FN4O/c1-36(2)44-14-6-7-15-45(44)38-30-41(58-35-59(52-21-13-12-20-51(52)58)49-18-10-8-16-46(49)37-22-24-40(56)25-23-37)33-43(31-38)61-42-26-27-48-47-17-9-11-19-50(47)60(53(48)34-42)54-32-39(28-29-57-54)55(3,4)5/h6-34,36H,35H2,1-5H3. The summed E-state index contributed by atoms with van der Waals surface area (Å²) in [7, 11) is 0. The van der Waals surface area contributed by atoms with Gasteiger partial charge in [0, 0.05) is 40.4 Å². The number of rotatable bonds is 8. The molecule has 5 nitrogen and oxygen atoms in total. The first-order valence-electron chi connectivity index (χ1n) is 21.0. The predicted molar refractivity (Wildman–Crippen MR) is 251 cm³/mol. The minimum atomic E-state index is -0.249. The average molecular weight is 799 g/mol. The van der Waals surface area contributed by atoms with Crippen molar-refractivity contribution in [3.8, 4) is 39.6 Å². The molecule has 0 fully saturated rings. The third-order valence-corrected chi connectivity index (χ3v) is 11.9. The molecular formula is C55H47FN4O. The predicted octanol–water partition coefficient (Wildman–Crippen LogP) is 15.1. The lowest BCUT2D eigenvalue weighted by Gasteiger charge is -2.25. The number of hydrogen-bond acceptors (Lipinski definition) is 4. The monoisotopic (exact) mass is 798 g/mol. The van der Waals surface area contributed by atoms with Gasteiger partial charge in [-0.3, -0.25) is 4.57 Å². The van der Waals surface area contributed by atoms with Crippen molar-refractivity contribution in [1.82, 2.24) is 9.55 Å². The number of pyridine rings is 1. The molecule has 0 unspecified atom stereocenters. The smallest absolute Gasteiger partial charge is 0.137 e. The lowest BCUT2D eigenvalue weighted by atomic mass is 9.88. The Balaban J connectivity index is 1.10. The van der Waals surface area contributed by atoms with Gasteiger partial charge in [-0.25, -0.2) is 9.37 Å². The van der Waals surface area contributed by atoms with Gasteiger partial charge in [0.2, 0.25) is 0 Å². The molecule has 3 heterocycles. The number of ether oxygens (including phenoxy) is 1. The highest BCUT2D eigenvalue weighted by Crippen LogP contribution is 2.48. The molecule has 9 aromatic rings. The Morgan fingerprint density at radius 3 is 2.02 bits per heavy atom. The number of halogens is 1. The maximum absolute atomic E-state index is 14.1. The topological polar surface area (TPSA) is 33.5 Å². The molecule has 1 aliphatic rings. The van der Waals surface area contributed by atoms with Gasteiger partial charge in [-0.15, -0.1) is 0 Å². The highest BCUT2D eigenvalue weighted by atomic mass is 19.1. The van der Waals surface area contributed by atoms with Crippen molar-refractivity contribution < 1.29 is 9.13 Å². The number of anilines is 4. The highest BCUT2D eigenvalue weighted by Gasteiger charge is 2.30. The summed E-state index contributed by atoms with van der Waals surface area (Å²) in [5.41, 5.74) is 13.1. The first kappa shape index (κ1) is 38.0. The van der Waals surface area contributed by atoms with Crippen LogP contribution in [0.15, 0.2) is 176 Å². The van der Waals surface area contributed by atoms with Gasteiger partial charge in [0.05, 0.1) is 28.1 Å². The Bertz CT molecular complexity index is 3090. The van der Waals surface area contributed by atoms with Crippen molar-refractivity contribution in [1.29, 1.82) is 0 Å². The minimum Gasteiger partial charge on any atom is -0.457 e. The fourth-order valence-corrected chi connectivity index (χ4v) is 8.84. The van der Waals surface area contributed by atoms with Crippen LogP contribution in [0, 0.1) is 5.82 Å². The maximum atomic E-state index is 14.1. The molecule has 0 aliphatic carbocycles. The zero-order chi connectivity index (χ0) is 41.8. The molecule has 0 N–H and O–H groups in total. The van der Waals surface area contributed by atoms with E-state index in [1.807, 2.05) is 24.4 Å². The second-order valence-electron chi connectivity index (χ2n) is 17.3. The van der Waals surface area contributed by atoms with E-state index < -0.39 is 0 Å². The van der Waals surface area contributed by atoms with Crippen molar-refractivity contribution in [2.75, 3.05) is 16.5 Å². The summed E-state index contributed by atoms with van der Waals surface area (Å²) < 4.78 is 23.3. The van der Waals surface area contributed by atoms with Crippen LogP contribution in [-0.2, 0) is 5.41 Å². The van der Waals surface area contributed by atoms with Crippen molar-refractivity contribution in [2.24, 2.45) is 0 Å². The largest absolute Gasteiger partial charge is 0.457 e. The van der Waals surface area contributed by atoms with Crippen molar-refractivity contribution >= 4 is 44.6 Å². The second kappa shape index (κ2) is 15.1. The third kappa shape index (κ3) is 6.98. The molecule has 0 bridgehead atoms. The molecule has 10 rings (SSSR count). The van der Waals surface area contributed by atoms with E-state index in [0.29, 0.717) is 12.6 Å². The Labute approximate surface area is 356 Å². The Hall–Kier alpha value is -7.18. The molecule has 0 saturated carbocycles. The summed E-state index contributed by atoms with van der Waals surface area (Å²) in [6.07, 6.45) is 1.91. The molecule has 61 heavy (non-hydrogen) atoms. The molecule has 0 saturated heterocycles. The van der Waals surface area contributed by atoms with Gasteiger partial charge in [0.15, 0.2) is 0 Å². The molecular weight excluding hydrogens is 752 g/mol. The molecule has 0 atom stereocenters. The van der Waals surface area contributed by atoms with E-state index in [0.717, 1.165) is 73.2 Å². The van der Waals surface area contributed by atoms with E-state index in [9.17, 15) is 4.39 Å².